The molecule has 2 rings (SSSR count). The Labute approximate surface area is 129 Å². The highest BCUT2D eigenvalue weighted by atomic mass is 32.2. The van der Waals surface area contributed by atoms with Crippen LogP contribution in [0.4, 0.5) is 0 Å². The van der Waals surface area contributed by atoms with Crippen molar-refractivity contribution in [2.24, 2.45) is 5.73 Å². The number of hydrogen-bond donors (Lipinski definition) is 2. The SMILES string of the molecule is CCc1cnc(CNS(=O)(=O)c2cc(CN)n(CC)c2)s1. The number of aromatic nitrogens is 2. The first-order valence-corrected chi connectivity index (χ1v) is 9.12. The molecule has 2 aromatic rings. The van der Waals surface area contributed by atoms with Gasteiger partial charge in [0.1, 0.15) is 5.01 Å². The van der Waals surface area contributed by atoms with Crippen LogP contribution in [0.25, 0.3) is 0 Å². The molecule has 0 amide bonds. The van der Waals surface area contributed by atoms with Crippen LogP contribution in [-0.2, 0) is 36.1 Å². The predicted molar refractivity (Wildman–Crippen MR) is 83.5 cm³/mol. The Balaban J connectivity index is 2.12. The van der Waals surface area contributed by atoms with Crippen LogP contribution in [0.2, 0.25) is 0 Å². The molecule has 0 unspecified atom stereocenters. The van der Waals surface area contributed by atoms with Crippen LogP contribution in [0.1, 0.15) is 29.4 Å². The molecule has 0 aliphatic heterocycles. The van der Waals surface area contributed by atoms with Gasteiger partial charge in [-0.3, -0.25) is 0 Å². The number of sulfonamides is 1. The van der Waals surface area contributed by atoms with Gasteiger partial charge in [-0.1, -0.05) is 6.92 Å². The zero-order valence-electron chi connectivity index (χ0n) is 12.2. The minimum atomic E-state index is -3.54. The van der Waals surface area contributed by atoms with Gasteiger partial charge < -0.3 is 10.3 Å². The summed E-state index contributed by atoms with van der Waals surface area (Å²) in [6, 6.07) is 1.62. The first-order chi connectivity index (χ1) is 10.00. The lowest BCUT2D eigenvalue weighted by Crippen LogP contribution is -2.22. The fraction of sp³-hybridized carbons (Fsp3) is 0.462. The molecule has 0 spiro atoms. The van der Waals surface area contributed by atoms with Crippen molar-refractivity contribution >= 4 is 21.4 Å². The van der Waals surface area contributed by atoms with Crippen LogP contribution in [0.3, 0.4) is 0 Å². The Morgan fingerprint density at radius 2 is 2.19 bits per heavy atom. The smallest absolute Gasteiger partial charge is 0.242 e. The van der Waals surface area contributed by atoms with Crippen molar-refractivity contribution in [1.29, 1.82) is 0 Å². The molecule has 0 aromatic carbocycles. The average molecular weight is 328 g/mol. The van der Waals surface area contributed by atoms with Gasteiger partial charge >= 0.3 is 0 Å². The third-order valence-corrected chi connectivity index (χ3v) is 5.69. The Kier molecular flexibility index (Phi) is 5.15. The maximum absolute atomic E-state index is 12.3. The van der Waals surface area contributed by atoms with Crippen LogP contribution in [0.15, 0.2) is 23.4 Å². The number of nitrogens with one attached hydrogen (secondary N) is 1. The summed E-state index contributed by atoms with van der Waals surface area (Å²) in [7, 11) is -3.54. The van der Waals surface area contributed by atoms with Crippen molar-refractivity contribution in [2.75, 3.05) is 0 Å². The van der Waals surface area contributed by atoms with E-state index < -0.39 is 10.0 Å². The minimum Gasteiger partial charge on any atom is -0.349 e. The van der Waals surface area contributed by atoms with E-state index in [0.717, 1.165) is 22.0 Å². The van der Waals surface area contributed by atoms with Crippen molar-refractivity contribution < 1.29 is 8.42 Å². The Morgan fingerprint density at radius 3 is 2.71 bits per heavy atom. The van der Waals surface area contributed by atoms with Gasteiger partial charge in [-0.15, -0.1) is 11.3 Å². The normalized spacial score (nSPS) is 12.0. The highest BCUT2D eigenvalue weighted by molar-refractivity contribution is 7.89. The van der Waals surface area contributed by atoms with Crippen LogP contribution < -0.4 is 10.5 Å². The molecule has 2 heterocycles. The number of rotatable bonds is 7. The standard InChI is InChI=1S/C13H20N4O2S2/c1-3-11-7-15-13(20-11)8-16-21(18,19)12-5-10(6-14)17(4-2)9-12/h5,7,9,16H,3-4,6,8,14H2,1-2H3. The molecule has 116 valence electrons. The zero-order chi connectivity index (χ0) is 15.5. The number of nitrogens with zero attached hydrogens (tertiary/aromatic N) is 2. The molecule has 0 atom stereocenters. The third-order valence-electron chi connectivity index (χ3n) is 3.18. The summed E-state index contributed by atoms with van der Waals surface area (Å²) in [4.78, 5) is 5.60. The van der Waals surface area contributed by atoms with Gasteiger partial charge in [0.05, 0.1) is 11.4 Å². The quantitative estimate of drug-likeness (QED) is 0.805. The summed E-state index contributed by atoms with van der Waals surface area (Å²) in [6.45, 7) is 5.21. The van der Waals surface area contributed by atoms with E-state index in [1.165, 1.54) is 11.3 Å². The maximum Gasteiger partial charge on any atom is 0.242 e. The van der Waals surface area contributed by atoms with Gasteiger partial charge in [0, 0.05) is 36.1 Å². The summed E-state index contributed by atoms with van der Waals surface area (Å²) in [5.74, 6) is 0. The first kappa shape index (κ1) is 16.2. The van der Waals surface area contributed by atoms with Crippen LogP contribution >= 0.6 is 11.3 Å². The second kappa shape index (κ2) is 6.69. The number of thiazole rings is 1. The molecule has 0 radical (unpaired) electrons. The monoisotopic (exact) mass is 328 g/mol. The van der Waals surface area contributed by atoms with Gasteiger partial charge in [-0.2, -0.15) is 0 Å². The number of hydrogen-bond acceptors (Lipinski definition) is 5. The van der Waals surface area contributed by atoms with Crippen molar-refractivity contribution in [3.8, 4) is 0 Å². The van der Waals surface area contributed by atoms with Gasteiger partial charge in [-0.25, -0.2) is 18.1 Å². The topological polar surface area (TPSA) is 90.0 Å². The largest absolute Gasteiger partial charge is 0.349 e. The average Bonchev–Trinajstić information content (AvgIpc) is 3.11. The molecule has 0 fully saturated rings. The molecule has 3 N–H and O–H groups in total. The van der Waals surface area contributed by atoms with E-state index in [1.807, 2.05) is 18.4 Å². The van der Waals surface area contributed by atoms with Crippen LogP contribution in [0.5, 0.6) is 0 Å². The zero-order valence-corrected chi connectivity index (χ0v) is 13.8. The molecule has 8 heteroatoms. The molecular weight excluding hydrogens is 308 g/mol. The lowest BCUT2D eigenvalue weighted by Gasteiger charge is -2.02. The van der Waals surface area contributed by atoms with Crippen molar-refractivity contribution in [3.63, 3.8) is 0 Å². The molecule has 21 heavy (non-hydrogen) atoms. The van der Waals surface area contributed by atoms with E-state index in [1.54, 1.807) is 18.5 Å². The predicted octanol–water partition coefficient (Wildman–Crippen LogP) is 1.46. The van der Waals surface area contributed by atoms with Crippen LogP contribution in [0, 0.1) is 0 Å². The fourth-order valence-corrected chi connectivity index (χ4v) is 3.92. The second-order valence-electron chi connectivity index (χ2n) is 4.56. The number of nitrogens with two attached hydrogens (primary N) is 1. The van der Waals surface area contributed by atoms with E-state index in [4.69, 9.17) is 5.73 Å². The molecule has 6 nitrogen and oxygen atoms in total. The minimum absolute atomic E-state index is 0.211. The molecular formula is C13H20N4O2S2. The Bertz CT molecular complexity index is 682. The van der Waals surface area contributed by atoms with Crippen molar-refractivity contribution in [2.45, 2.75) is 44.8 Å². The highest BCUT2D eigenvalue weighted by Gasteiger charge is 2.18. The van der Waals surface area contributed by atoms with E-state index in [-0.39, 0.29) is 11.4 Å². The third kappa shape index (κ3) is 3.70. The van der Waals surface area contributed by atoms with Crippen LogP contribution in [-0.4, -0.2) is 18.0 Å². The number of aryl methyl sites for hydroxylation is 2. The van der Waals surface area contributed by atoms with Crippen molar-refractivity contribution in [1.82, 2.24) is 14.3 Å². The molecule has 0 aliphatic carbocycles. The lowest BCUT2D eigenvalue weighted by molar-refractivity contribution is 0.580. The van der Waals surface area contributed by atoms with Gasteiger partial charge in [-0.05, 0) is 19.4 Å². The first-order valence-electron chi connectivity index (χ1n) is 6.82. The van der Waals surface area contributed by atoms with E-state index >= 15 is 0 Å². The van der Waals surface area contributed by atoms with E-state index in [9.17, 15) is 8.42 Å². The highest BCUT2D eigenvalue weighted by Crippen LogP contribution is 2.17. The summed E-state index contributed by atoms with van der Waals surface area (Å²) in [5, 5.41) is 0.768. The molecule has 0 aliphatic rings. The summed E-state index contributed by atoms with van der Waals surface area (Å²) in [6.07, 6.45) is 4.31. The summed E-state index contributed by atoms with van der Waals surface area (Å²) in [5.41, 5.74) is 6.43. The molecule has 0 bridgehead atoms. The molecule has 2 aromatic heterocycles. The second-order valence-corrected chi connectivity index (χ2v) is 7.52. The Hall–Kier alpha value is -1.22. The van der Waals surface area contributed by atoms with Gasteiger partial charge in [0.2, 0.25) is 10.0 Å². The Morgan fingerprint density at radius 1 is 1.43 bits per heavy atom. The summed E-state index contributed by atoms with van der Waals surface area (Å²) >= 11 is 1.52. The van der Waals surface area contributed by atoms with E-state index in [0.29, 0.717) is 13.1 Å². The van der Waals surface area contributed by atoms with E-state index in [2.05, 4.69) is 9.71 Å². The van der Waals surface area contributed by atoms with Gasteiger partial charge in [0.25, 0.3) is 0 Å². The maximum atomic E-state index is 12.3. The van der Waals surface area contributed by atoms with Gasteiger partial charge in [0.15, 0.2) is 0 Å². The summed E-state index contributed by atoms with van der Waals surface area (Å²) < 4.78 is 29.0. The fourth-order valence-electron chi connectivity index (χ4n) is 1.97. The van der Waals surface area contributed by atoms with Crippen molar-refractivity contribution in [3.05, 3.63) is 34.0 Å². The molecule has 0 saturated carbocycles. The molecule has 0 saturated heterocycles. The lowest BCUT2D eigenvalue weighted by atomic mass is 10.4.